The quantitative estimate of drug-likeness (QED) is 0.515. The van der Waals surface area contributed by atoms with Crippen molar-refractivity contribution in [2.45, 2.75) is 89.5 Å². The molecule has 13 nitrogen and oxygen atoms in total. The fraction of sp³-hybridized carbons (Fsp3) is 0.630. The van der Waals surface area contributed by atoms with Gasteiger partial charge < -0.3 is 34.5 Å². The molecule has 5 heterocycles. The second kappa shape index (κ2) is 11.5. The van der Waals surface area contributed by atoms with Gasteiger partial charge >= 0.3 is 12.3 Å². The standard InChI is InChI=1S/C27H34F3N7O6/c1-25(2,3)43-24(39)37-7-6-15-14(12-37)8-32-22(35-15)23(38)33-9-17-21-20(41-26(4,5)42-21)16(13-40-17)34-19-11-31-10-18(36-19)27(28,29)30/h8,10-11,16-17,20-21H,6-7,9,12-13H2,1-5H3,(H,33,38)(H,34,36)/t16-,17+,20+,21-/m0/s1. The number of anilines is 1. The Morgan fingerprint density at radius 3 is 2.58 bits per heavy atom. The van der Waals surface area contributed by atoms with Crippen LogP contribution in [0, 0.1) is 0 Å². The number of fused-ring (bicyclic) bond motifs is 2. The van der Waals surface area contributed by atoms with Gasteiger partial charge in [-0.25, -0.2) is 19.7 Å². The first-order chi connectivity index (χ1) is 20.1. The molecule has 234 valence electrons. The summed E-state index contributed by atoms with van der Waals surface area (Å²) in [6.45, 7) is 9.59. The maximum atomic E-state index is 13.1. The van der Waals surface area contributed by atoms with Gasteiger partial charge in [-0.1, -0.05) is 0 Å². The topological polar surface area (TPSA) is 150 Å². The van der Waals surface area contributed by atoms with Gasteiger partial charge in [0, 0.05) is 31.3 Å². The molecule has 2 fully saturated rings. The first-order valence-electron chi connectivity index (χ1n) is 13.8. The molecular weight excluding hydrogens is 575 g/mol. The molecule has 0 aromatic carbocycles. The molecule has 2 amide bonds. The van der Waals surface area contributed by atoms with Crippen LogP contribution in [0.2, 0.25) is 0 Å². The van der Waals surface area contributed by atoms with E-state index in [0.717, 1.165) is 5.56 Å². The summed E-state index contributed by atoms with van der Waals surface area (Å²) >= 11 is 0. The van der Waals surface area contributed by atoms with E-state index < -0.39 is 59.6 Å². The number of alkyl halides is 3. The molecule has 2 aromatic rings. The van der Waals surface area contributed by atoms with Gasteiger partial charge in [-0.15, -0.1) is 0 Å². The van der Waals surface area contributed by atoms with Crippen molar-refractivity contribution in [3.8, 4) is 0 Å². The zero-order valence-electron chi connectivity index (χ0n) is 24.4. The third kappa shape index (κ3) is 7.30. The monoisotopic (exact) mass is 609 g/mol. The summed E-state index contributed by atoms with van der Waals surface area (Å²) in [6.07, 6.45) is -3.15. The van der Waals surface area contributed by atoms with Gasteiger partial charge in [0.05, 0.1) is 37.3 Å². The number of carbonyl (C=O) groups excluding carboxylic acids is 2. The van der Waals surface area contributed by atoms with Crippen LogP contribution >= 0.6 is 0 Å². The van der Waals surface area contributed by atoms with Crippen molar-refractivity contribution in [1.29, 1.82) is 0 Å². The number of aromatic nitrogens is 4. The van der Waals surface area contributed by atoms with Crippen molar-refractivity contribution in [3.05, 3.63) is 41.4 Å². The number of rotatable bonds is 5. The smallest absolute Gasteiger partial charge is 0.434 e. The molecule has 0 radical (unpaired) electrons. The van der Waals surface area contributed by atoms with E-state index in [1.807, 2.05) is 0 Å². The molecule has 5 rings (SSSR count). The summed E-state index contributed by atoms with van der Waals surface area (Å²) in [5, 5.41) is 5.70. The van der Waals surface area contributed by atoms with Crippen molar-refractivity contribution in [2.75, 3.05) is 25.0 Å². The molecular formula is C27H34F3N7O6. The first-order valence-corrected chi connectivity index (χ1v) is 13.8. The Morgan fingerprint density at radius 2 is 1.86 bits per heavy atom. The van der Waals surface area contributed by atoms with Gasteiger partial charge in [0.25, 0.3) is 5.91 Å². The molecule has 43 heavy (non-hydrogen) atoms. The Morgan fingerprint density at radius 1 is 1.12 bits per heavy atom. The second-order valence-corrected chi connectivity index (χ2v) is 12.0. The van der Waals surface area contributed by atoms with Crippen LogP contribution < -0.4 is 10.6 Å². The number of nitrogens with zero attached hydrogens (tertiary/aromatic N) is 5. The molecule has 2 saturated heterocycles. The minimum absolute atomic E-state index is 0.0246. The predicted octanol–water partition coefficient (Wildman–Crippen LogP) is 2.71. The minimum atomic E-state index is -4.64. The molecule has 0 aliphatic carbocycles. The highest BCUT2D eigenvalue weighted by atomic mass is 19.4. The number of nitrogens with one attached hydrogen (secondary N) is 2. The average Bonchev–Trinajstić information content (AvgIpc) is 3.26. The summed E-state index contributed by atoms with van der Waals surface area (Å²) < 4.78 is 62.8. The van der Waals surface area contributed by atoms with Crippen molar-refractivity contribution >= 4 is 17.8 Å². The molecule has 4 atom stereocenters. The molecule has 0 unspecified atom stereocenters. The summed E-state index contributed by atoms with van der Waals surface area (Å²) in [5.74, 6) is -1.63. The number of carbonyl (C=O) groups is 2. The van der Waals surface area contributed by atoms with Gasteiger partial charge in [-0.2, -0.15) is 13.2 Å². The van der Waals surface area contributed by atoms with Gasteiger partial charge in [0.15, 0.2) is 11.5 Å². The van der Waals surface area contributed by atoms with E-state index in [1.54, 1.807) is 39.5 Å². The molecule has 0 spiro atoms. The van der Waals surface area contributed by atoms with E-state index in [0.29, 0.717) is 24.9 Å². The number of ether oxygens (including phenoxy) is 4. The molecule has 2 N–H and O–H groups in total. The van der Waals surface area contributed by atoms with Crippen LogP contribution in [0.25, 0.3) is 0 Å². The van der Waals surface area contributed by atoms with Crippen LogP contribution in [-0.4, -0.2) is 92.3 Å². The summed E-state index contributed by atoms with van der Waals surface area (Å²) in [5.41, 5.74) is -0.331. The molecule has 0 saturated carbocycles. The Labute approximate surface area is 245 Å². The number of hydrogen-bond acceptors (Lipinski definition) is 11. The van der Waals surface area contributed by atoms with Gasteiger partial charge in [-0.05, 0) is 34.6 Å². The maximum absolute atomic E-state index is 13.1. The fourth-order valence-electron chi connectivity index (χ4n) is 5.07. The van der Waals surface area contributed by atoms with E-state index in [-0.39, 0.29) is 31.3 Å². The molecule has 0 bridgehead atoms. The summed E-state index contributed by atoms with van der Waals surface area (Å²) in [7, 11) is 0. The summed E-state index contributed by atoms with van der Waals surface area (Å²) in [4.78, 5) is 42.8. The van der Waals surface area contributed by atoms with Gasteiger partial charge in [0.1, 0.15) is 29.7 Å². The highest BCUT2D eigenvalue weighted by molar-refractivity contribution is 5.90. The lowest BCUT2D eigenvalue weighted by molar-refractivity contribution is -0.153. The Kier molecular flexibility index (Phi) is 8.22. The van der Waals surface area contributed by atoms with Crippen LogP contribution in [0.15, 0.2) is 18.6 Å². The van der Waals surface area contributed by atoms with Crippen LogP contribution in [0.4, 0.5) is 23.8 Å². The van der Waals surface area contributed by atoms with Crippen molar-refractivity contribution in [2.24, 2.45) is 0 Å². The molecule has 3 aliphatic rings. The molecule has 2 aromatic heterocycles. The SMILES string of the molecule is CC(C)(C)OC(=O)N1CCc2nc(C(=O)NC[C@H]3OC[C@H](Nc4cncc(C(F)(F)F)n4)[C@H]4OC(C)(C)O[C@H]43)ncc2C1. The third-order valence-electron chi connectivity index (χ3n) is 6.93. The number of hydrogen-bond donors (Lipinski definition) is 2. The zero-order valence-corrected chi connectivity index (χ0v) is 24.4. The lowest BCUT2D eigenvalue weighted by atomic mass is 9.98. The normalized spacial score (nSPS) is 25.0. The second-order valence-electron chi connectivity index (χ2n) is 12.0. The minimum Gasteiger partial charge on any atom is -0.444 e. The summed E-state index contributed by atoms with van der Waals surface area (Å²) in [6, 6.07) is -0.597. The van der Waals surface area contributed by atoms with Crippen LogP contribution in [-0.2, 0) is 38.1 Å². The highest BCUT2D eigenvalue weighted by Crippen LogP contribution is 2.36. The van der Waals surface area contributed by atoms with Gasteiger partial charge in [-0.3, -0.25) is 9.78 Å². The number of amides is 2. The van der Waals surface area contributed by atoms with E-state index in [1.165, 1.54) is 12.4 Å². The van der Waals surface area contributed by atoms with Crippen LogP contribution in [0.3, 0.4) is 0 Å². The Bertz CT molecular complexity index is 1370. The first kappa shape index (κ1) is 30.8. The van der Waals surface area contributed by atoms with Gasteiger partial charge in [0.2, 0.25) is 5.82 Å². The van der Waals surface area contributed by atoms with Crippen molar-refractivity contribution in [3.63, 3.8) is 0 Å². The van der Waals surface area contributed by atoms with Crippen LogP contribution in [0.5, 0.6) is 0 Å². The van der Waals surface area contributed by atoms with E-state index in [9.17, 15) is 22.8 Å². The van der Waals surface area contributed by atoms with Crippen molar-refractivity contribution in [1.82, 2.24) is 30.2 Å². The highest BCUT2D eigenvalue weighted by Gasteiger charge is 2.52. The Hall–Kier alpha value is -3.63. The molecule has 3 aliphatic heterocycles. The van der Waals surface area contributed by atoms with E-state index >= 15 is 0 Å². The number of halogens is 3. The third-order valence-corrected chi connectivity index (χ3v) is 6.93. The lowest BCUT2D eigenvalue weighted by Crippen LogP contribution is -2.57. The van der Waals surface area contributed by atoms with Crippen LogP contribution in [0.1, 0.15) is 62.2 Å². The fourth-order valence-corrected chi connectivity index (χ4v) is 5.07. The lowest BCUT2D eigenvalue weighted by Gasteiger charge is -2.37. The maximum Gasteiger partial charge on any atom is 0.434 e. The predicted molar refractivity (Wildman–Crippen MR) is 143 cm³/mol. The van der Waals surface area contributed by atoms with E-state index in [2.05, 4.69) is 30.6 Å². The van der Waals surface area contributed by atoms with E-state index in [4.69, 9.17) is 18.9 Å². The zero-order chi connectivity index (χ0) is 31.2. The van der Waals surface area contributed by atoms with Crippen molar-refractivity contribution < 1.29 is 41.7 Å². The Balaban J connectivity index is 1.20. The molecule has 16 heteroatoms. The average molecular weight is 610 g/mol. The largest absolute Gasteiger partial charge is 0.444 e.